The molecule has 4 heteroatoms. The Labute approximate surface area is 108 Å². The van der Waals surface area contributed by atoms with Gasteiger partial charge in [-0.1, -0.05) is 29.8 Å². The number of ether oxygens (including phenoxy) is 1. The van der Waals surface area contributed by atoms with Gasteiger partial charge in [0.2, 0.25) is 0 Å². The Bertz CT molecular complexity index is 392. The van der Waals surface area contributed by atoms with Gasteiger partial charge in [-0.2, -0.15) is 0 Å². The molecule has 0 saturated carbocycles. The lowest BCUT2D eigenvalue weighted by Crippen LogP contribution is -2.29. The molecule has 0 atom stereocenters. The van der Waals surface area contributed by atoms with Crippen molar-refractivity contribution in [2.75, 3.05) is 7.05 Å². The van der Waals surface area contributed by atoms with Gasteiger partial charge < -0.3 is 9.57 Å². The van der Waals surface area contributed by atoms with Crippen LogP contribution in [0.3, 0.4) is 0 Å². The van der Waals surface area contributed by atoms with E-state index in [1.807, 2.05) is 31.2 Å². The predicted molar refractivity (Wildman–Crippen MR) is 70.0 cm³/mol. The van der Waals surface area contributed by atoms with Gasteiger partial charge in [0.15, 0.2) is 0 Å². The summed E-state index contributed by atoms with van der Waals surface area (Å²) in [5.74, 6) is 0. The molecule has 0 fully saturated rings. The van der Waals surface area contributed by atoms with E-state index in [2.05, 4.69) is 0 Å². The summed E-state index contributed by atoms with van der Waals surface area (Å²) in [7, 11) is 1.70. The quantitative estimate of drug-likeness (QED) is 0.610. The van der Waals surface area contributed by atoms with Crippen molar-refractivity contribution in [3.63, 3.8) is 0 Å². The predicted octanol–water partition coefficient (Wildman–Crippen LogP) is 3.29. The second-order valence-electron chi connectivity index (χ2n) is 5.33. The third kappa shape index (κ3) is 5.68. The first-order valence-electron chi connectivity index (χ1n) is 5.94. The largest absolute Gasteiger partial charge is 0.528 e. The van der Waals surface area contributed by atoms with Crippen LogP contribution in [0.4, 0.5) is 4.79 Å². The van der Waals surface area contributed by atoms with Gasteiger partial charge in [-0.15, -0.1) is 5.06 Å². The number of hydroxylamine groups is 2. The molecule has 1 rings (SSSR count). The number of carbonyl (C=O) groups excluding carboxylic acids is 1. The van der Waals surface area contributed by atoms with Crippen molar-refractivity contribution in [3.05, 3.63) is 35.4 Å². The summed E-state index contributed by atoms with van der Waals surface area (Å²) in [6.07, 6.45) is -0.683. The molecule has 4 nitrogen and oxygen atoms in total. The average molecular weight is 251 g/mol. The van der Waals surface area contributed by atoms with Gasteiger partial charge in [0.05, 0.1) is 6.54 Å². The maximum absolute atomic E-state index is 11.4. The Hall–Kier alpha value is -1.55. The lowest BCUT2D eigenvalue weighted by atomic mass is 10.1. The minimum absolute atomic E-state index is 0.527. The molecule has 100 valence electrons. The highest BCUT2D eigenvalue weighted by Crippen LogP contribution is 2.10. The maximum Gasteiger partial charge on any atom is 0.528 e. The second kappa shape index (κ2) is 5.87. The van der Waals surface area contributed by atoms with E-state index in [-0.39, 0.29) is 0 Å². The van der Waals surface area contributed by atoms with Crippen LogP contribution in [0.2, 0.25) is 0 Å². The molecule has 0 aromatic heterocycles. The molecule has 0 amide bonds. The van der Waals surface area contributed by atoms with E-state index in [4.69, 9.17) is 9.57 Å². The van der Waals surface area contributed by atoms with E-state index in [0.29, 0.717) is 6.54 Å². The molecule has 0 aliphatic rings. The summed E-state index contributed by atoms with van der Waals surface area (Å²) in [6.45, 7) is 7.96. The van der Waals surface area contributed by atoms with Crippen LogP contribution in [0, 0.1) is 6.92 Å². The minimum atomic E-state index is -0.683. The standard InChI is InChI=1S/C14H21NO3/c1-11-6-8-12(9-7-11)10-15(5)18-13(16)17-14(2,3)4/h6-9H,10H2,1-5H3. The maximum atomic E-state index is 11.4. The van der Waals surface area contributed by atoms with Crippen LogP contribution in [-0.4, -0.2) is 23.9 Å². The zero-order valence-corrected chi connectivity index (χ0v) is 11.7. The zero-order valence-electron chi connectivity index (χ0n) is 11.7. The van der Waals surface area contributed by atoms with Crippen molar-refractivity contribution < 1.29 is 14.4 Å². The zero-order chi connectivity index (χ0) is 13.8. The topological polar surface area (TPSA) is 38.8 Å². The SMILES string of the molecule is Cc1ccc(CN(C)OC(=O)OC(C)(C)C)cc1. The molecular formula is C14H21NO3. The molecule has 1 aromatic carbocycles. The van der Waals surface area contributed by atoms with Gasteiger partial charge in [-0.05, 0) is 33.3 Å². The van der Waals surface area contributed by atoms with E-state index in [1.54, 1.807) is 27.8 Å². The summed E-state index contributed by atoms with van der Waals surface area (Å²) in [4.78, 5) is 16.5. The third-order valence-corrected chi connectivity index (χ3v) is 2.15. The summed E-state index contributed by atoms with van der Waals surface area (Å²) < 4.78 is 5.06. The van der Waals surface area contributed by atoms with E-state index in [0.717, 1.165) is 5.56 Å². The normalized spacial score (nSPS) is 11.4. The Kier molecular flexibility index (Phi) is 4.73. The fourth-order valence-corrected chi connectivity index (χ4v) is 1.38. The van der Waals surface area contributed by atoms with Crippen LogP contribution in [0.1, 0.15) is 31.9 Å². The molecule has 0 bridgehead atoms. The summed E-state index contributed by atoms with van der Waals surface area (Å²) in [6, 6.07) is 8.06. The van der Waals surface area contributed by atoms with Crippen molar-refractivity contribution in [1.82, 2.24) is 5.06 Å². The van der Waals surface area contributed by atoms with Gasteiger partial charge >= 0.3 is 6.16 Å². The molecule has 0 aliphatic carbocycles. The number of rotatable bonds is 3. The van der Waals surface area contributed by atoms with Crippen molar-refractivity contribution >= 4 is 6.16 Å². The monoisotopic (exact) mass is 251 g/mol. The number of hydrogen-bond donors (Lipinski definition) is 0. The fourth-order valence-electron chi connectivity index (χ4n) is 1.38. The van der Waals surface area contributed by atoms with Crippen LogP contribution >= 0.6 is 0 Å². The van der Waals surface area contributed by atoms with Gasteiger partial charge in [-0.25, -0.2) is 4.79 Å². The van der Waals surface area contributed by atoms with Crippen LogP contribution in [0.25, 0.3) is 0 Å². The number of aryl methyl sites for hydroxylation is 1. The molecule has 0 aliphatic heterocycles. The van der Waals surface area contributed by atoms with Crippen LogP contribution < -0.4 is 0 Å². The molecule has 0 radical (unpaired) electrons. The Morgan fingerprint density at radius 3 is 2.28 bits per heavy atom. The first kappa shape index (κ1) is 14.5. The van der Waals surface area contributed by atoms with Crippen LogP contribution in [0.15, 0.2) is 24.3 Å². The molecule has 0 unspecified atom stereocenters. The van der Waals surface area contributed by atoms with Gasteiger partial charge in [-0.3, -0.25) is 0 Å². The molecule has 0 spiro atoms. The molecule has 18 heavy (non-hydrogen) atoms. The summed E-state index contributed by atoms with van der Waals surface area (Å²) in [5.41, 5.74) is 1.74. The highest BCUT2D eigenvalue weighted by Gasteiger charge is 2.19. The van der Waals surface area contributed by atoms with Crippen LogP contribution in [-0.2, 0) is 16.1 Å². The molecular weight excluding hydrogens is 230 g/mol. The lowest BCUT2D eigenvalue weighted by molar-refractivity contribution is -0.132. The summed E-state index contributed by atoms with van der Waals surface area (Å²) in [5, 5.41) is 1.46. The molecule has 0 saturated heterocycles. The second-order valence-corrected chi connectivity index (χ2v) is 5.33. The first-order chi connectivity index (χ1) is 8.26. The molecule has 0 N–H and O–H groups in total. The highest BCUT2D eigenvalue weighted by atomic mass is 16.8. The number of benzene rings is 1. The summed E-state index contributed by atoms with van der Waals surface area (Å²) >= 11 is 0. The van der Waals surface area contributed by atoms with Gasteiger partial charge in [0.25, 0.3) is 0 Å². The lowest BCUT2D eigenvalue weighted by Gasteiger charge is -2.21. The van der Waals surface area contributed by atoms with E-state index >= 15 is 0 Å². The van der Waals surface area contributed by atoms with Gasteiger partial charge in [0, 0.05) is 7.05 Å². The fraction of sp³-hybridized carbons (Fsp3) is 0.500. The van der Waals surface area contributed by atoms with Gasteiger partial charge in [0.1, 0.15) is 5.60 Å². The highest BCUT2D eigenvalue weighted by molar-refractivity contribution is 5.60. The Balaban J connectivity index is 2.44. The van der Waals surface area contributed by atoms with E-state index in [1.165, 1.54) is 10.6 Å². The van der Waals surface area contributed by atoms with E-state index < -0.39 is 11.8 Å². The average Bonchev–Trinajstić information content (AvgIpc) is 2.18. The van der Waals surface area contributed by atoms with Crippen molar-refractivity contribution in [3.8, 4) is 0 Å². The van der Waals surface area contributed by atoms with E-state index in [9.17, 15) is 4.79 Å². The number of carbonyl (C=O) groups is 1. The smallest absolute Gasteiger partial charge is 0.427 e. The van der Waals surface area contributed by atoms with Crippen LogP contribution in [0.5, 0.6) is 0 Å². The number of hydrogen-bond acceptors (Lipinski definition) is 4. The molecule has 0 heterocycles. The van der Waals surface area contributed by atoms with Crippen molar-refractivity contribution in [2.24, 2.45) is 0 Å². The van der Waals surface area contributed by atoms with Crippen molar-refractivity contribution in [2.45, 2.75) is 39.8 Å². The van der Waals surface area contributed by atoms with Crippen molar-refractivity contribution in [1.29, 1.82) is 0 Å². The first-order valence-corrected chi connectivity index (χ1v) is 5.94. The minimum Gasteiger partial charge on any atom is -0.427 e. The number of nitrogens with zero attached hydrogens (tertiary/aromatic N) is 1. The molecule has 1 aromatic rings. The Morgan fingerprint density at radius 1 is 1.22 bits per heavy atom. The third-order valence-electron chi connectivity index (χ3n) is 2.15. The Morgan fingerprint density at radius 2 is 1.78 bits per heavy atom.